The van der Waals surface area contributed by atoms with Gasteiger partial charge in [-0.05, 0) is 68.5 Å². The number of nitrogens with zero attached hydrogens (tertiary/aromatic N) is 1. The number of nitrogens with two attached hydrogens (primary N) is 1. The largest absolute Gasteiger partial charge is 0.445 e. The van der Waals surface area contributed by atoms with Crippen LogP contribution in [0.1, 0.15) is 57.7 Å². The average Bonchev–Trinajstić information content (AvgIpc) is 2.88. The number of primary amides is 1. The molecule has 2 atom stereocenters. The molecule has 3 aromatic carbocycles. The summed E-state index contributed by atoms with van der Waals surface area (Å²) in [4.78, 5) is 39.5. The van der Waals surface area contributed by atoms with E-state index in [-0.39, 0.29) is 19.6 Å². The smallest absolute Gasteiger partial charge is 0.411 e. The first kappa shape index (κ1) is 28.5. The van der Waals surface area contributed by atoms with Gasteiger partial charge in [0.05, 0.1) is 6.04 Å². The minimum absolute atomic E-state index is 0.159. The molecule has 3 amide bonds. The molecule has 3 aromatic rings. The zero-order valence-electron chi connectivity index (χ0n) is 22.5. The number of nitrogens with one attached hydrogen (secondary N) is 1. The molecule has 0 heterocycles. The Morgan fingerprint density at radius 1 is 0.947 bits per heavy atom. The van der Waals surface area contributed by atoms with Gasteiger partial charge in [0.1, 0.15) is 18.2 Å². The molecule has 0 fully saturated rings. The fourth-order valence-corrected chi connectivity index (χ4v) is 4.18. The Hall–Kier alpha value is -4.07. The molecule has 0 aliphatic heterocycles. The number of hydrogen-bond acceptors (Lipinski definition) is 5. The first-order valence-corrected chi connectivity index (χ1v) is 12.8. The van der Waals surface area contributed by atoms with Crippen LogP contribution < -0.4 is 11.1 Å². The second-order valence-corrected chi connectivity index (χ2v) is 10.2. The first-order valence-electron chi connectivity index (χ1n) is 12.8. The summed E-state index contributed by atoms with van der Waals surface area (Å²) < 4.78 is 10.9. The maximum atomic E-state index is 13.4. The second-order valence-electron chi connectivity index (χ2n) is 10.2. The lowest BCUT2D eigenvalue weighted by atomic mass is 9.99. The average molecular weight is 520 g/mol. The summed E-state index contributed by atoms with van der Waals surface area (Å²) >= 11 is 0. The van der Waals surface area contributed by atoms with Crippen molar-refractivity contribution in [3.8, 4) is 0 Å². The molecule has 0 aromatic heterocycles. The van der Waals surface area contributed by atoms with Gasteiger partial charge in [-0.1, -0.05) is 66.7 Å². The van der Waals surface area contributed by atoms with Gasteiger partial charge in [-0.25, -0.2) is 9.59 Å². The highest BCUT2D eigenvalue weighted by molar-refractivity contribution is 5.85. The van der Waals surface area contributed by atoms with Crippen molar-refractivity contribution in [1.29, 1.82) is 0 Å². The van der Waals surface area contributed by atoms with Crippen LogP contribution in [0.25, 0.3) is 10.8 Å². The van der Waals surface area contributed by atoms with Crippen molar-refractivity contribution in [2.75, 3.05) is 6.54 Å². The number of amides is 3. The zero-order chi connectivity index (χ0) is 27.7. The number of rotatable bonds is 10. The standard InChI is InChI=1S/C30H37N3O5/c1-21(24-17-16-23-13-8-9-14-25(23)19-24)33(29(36)38-30(2,3)4)26(27(31)34)15-10-18-32-28(35)37-20-22-11-6-5-7-12-22/h5-9,11-14,16-17,19,21,26H,10,15,18,20H2,1-4H3,(H2,31,34)(H,32,35)/t21-,26-/m1/s1. The molecule has 38 heavy (non-hydrogen) atoms. The number of alkyl carbamates (subject to hydrolysis) is 1. The van der Waals surface area contributed by atoms with Crippen LogP contribution >= 0.6 is 0 Å². The molecule has 8 heteroatoms. The van der Waals surface area contributed by atoms with Crippen LogP contribution in [-0.4, -0.2) is 41.2 Å². The van der Waals surface area contributed by atoms with E-state index < -0.39 is 35.8 Å². The number of benzene rings is 3. The molecular formula is C30H37N3O5. The maximum Gasteiger partial charge on any atom is 0.411 e. The van der Waals surface area contributed by atoms with Crippen molar-refractivity contribution in [3.05, 3.63) is 83.9 Å². The van der Waals surface area contributed by atoms with Crippen molar-refractivity contribution in [3.63, 3.8) is 0 Å². The Morgan fingerprint density at radius 2 is 1.61 bits per heavy atom. The summed E-state index contributed by atoms with van der Waals surface area (Å²) in [6.45, 7) is 7.58. The summed E-state index contributed by atoms with van der Waals surface area (Å²) in [6.07, 6.45) is -0.543. The number of hydrogen-bond donors (Lipinski definition) is 2. The zero-order valence-corrected chi connectivity index (χ0v) is 22.5. The van der Waals surface area contributed by atoms with Crippen molar-refractivity contribution < 1.29 is 23.9 Å². The van der Waals surface area contributed by atoms with Gasteiger partial charge in [0.25, 0.3) is 0 Å². The lowest BCUT2D eigenvalue weighted by Gasteiger charge is -2.36. The minimum atomic E-state index is -0.937. The molecule has 202 valence electrons. The van der Waals surface area contributed by atoms with Gasteiger partial charge in [0.2, 0.25) is 5.91 Å². The Morgan fingerprint density at radius 3 is 2.26 bits per heavy atom. The molecule has 0 radical (unpaired) electrons. The summed E-state index contributed by atoms with van der Waals surface area (Å²) in [6, 6.07) is 21.8. The van der Waals surface area contributed by atoms with E-state index in [2.05, 4.69) is 5.32 Å². The first-order chi connectivity index (χ1) is 18.0. The van der Waals surface area contributed by atoms with Gasteiger partial charge in [-0.3, -0.25) is 9.69 Å². The molecule has 0 bridgehead atoms. The summed E-state index contributed by atoms with van der Waals surface area (Å²) in [7, 11) is 0. The predicted octanol–water partition coefficient (Wildman–Crippen LogP) is 5.70. The Kier molecular flexibility index (Phi) is 9.71. The molecule has 0 unspecified atom stereocenters. The second kappa shape index (κ2) is 12.9. The van der Waals surface area contributed by atoms with Crippen LogP contribution in [0.5, 0.6) is 0 Å². The molecule has 0 saturated heterocycles. The van der Waals surface area contributed by atoms with E-state index in [1.54, 1.807) is 20.8 Å². The third-order valence-electron chi connectivity index (χ3n) is 6.08. The van der Waals surface area contributed by atoms with Crippen LogP contribution in [0.4, 0.5) is 9.59 Å². The monoisotopic (exact) mass is 519 g/mol. The fourth-order valence-electron chi connectivity index (χ4n) is 4.18. The predicted molar refractivity (Wildman–Crippen MR) is 147 cm³/mol. The Labute approximate surface area is 224 Å². The molecular weight excluding hydrogens is 482 g/mol. The van der Waals surface area contributed by atoms with Crippen molar-refractivity contribution in [1.82, 2.24) is 10.2 Å². The van der Waals surface area contributed by atoms with Crippen LogP contribution in [0, 0.1) is 0 Å². The van der Waals surface area contributed by atoms with Crippen molar-refractivity contribution in [2.45, 2.75) is 64.8 Å². The van der Waals surface area contributed by atoms with E-state index >= 15 is 0 Å². The SMILES string of the molecule is C[C@H](c1ccc2ccccc2c1)N(C(=O)OC(C)(C)C)[C@H](CCCNC(=O)OCc1ccccc1)C(N)=O. The summed E-state index contributed by atoms with van der Waals surface area (Å²) in [5, 5.41) is 4.78. The van der Waals surface area contributed by atoms with E-state index in [4.69, 9.17) is 15.2 Å². The number of fused-ring (bicyclic) bond motifs is 1. The van der Waals surface area contributed by atoms with Crippen LogP contribution in [0.2, 0.25) is 0 Å². The Balaban J connectivity index is 1.70. The van der Waals surface area contributed by atoms with E-state index in [9.17, 15) is 14.4 Å². The van der Waals surface area contributed by atoms with Gasteiger partial charge < -0.3 is 20.5 Å². The van der Waals surface area contributed by atoms with Gasteiger partial charge in [0, 0.05) is 6.54 Å². The molecule has 3 N–H and O–H groups in total. The van der Waals surface area contributed by atoms with Crippen molar-refractivity contribution in [2.24, 2.45) is 5.73 Å². The summed E-state index contributed by atoms with van der Waals surface area (Å²) in [5.74, 6) is -0.643. The van der Waals surface area contributed by atoms with Gasteiger partial charge in [-0.15, -0.1) is 0 Å². The third kappa shape index (κ3) is 8.23. The van der Waals surface area contributed by atoms with Crippen molar-refractivity contribution >= 4 is 28.9 Å². The fraction of sp³-hybridized carbons (Fsp3) is 0.367. The third-order valence-corrected chi connectivity index (χ3v) is 6.08. The highest BCUT2D eigenvalue weighted by Crippen LogP contribution is 2.29. The lowest BCUT2D eigenvalue weighted by molar-refractivity contribution is -0.124. The molecule has 8 nitrogen and oxygen atoms in total. The van der Waals surface area contributed by atoms with E-state index in [0.29, 0.717) is 6.42 Å². The number of carbonyl (C=O) groups excluding carboxylic acids is 3. The van der Waals surface area contributed by atoms with Gasteiger partial charge in [0.15, 0.2) is 0 Å². The van der Waals surface area contributed by atoms with Crippen LogP contribution in [-0.2, 0) is 20.9 Å². The quantitative estimate of drug-likeness (QED) is 0.334. The topological polar surface area (TPSA) is 111 Å². The highest BCUT2D eigenvalue weighted by Gasteiger charge is 2.35. The van der Waals surface area contributed by atoms with E-state index in [1.807, 2.05) is 79.7 Å². The normalized spacial score (nSPS) is 12.8. The summed E-state index contributed by atoms with van der Waals surface area (Å²) in [5.41, 5.74) is 6.77. The molecule has 0 spiro atoms. The molecule has 3 rings (SSSR count). The lowest BCUT2D eigenvalue weighted by Crippen LogP contribution is -2.50. The maximum absolute atomic E-state index is 13.4. The number of carbonyl (C=O) groups is 3. The molecule has 0 aliphatic rings. The minimum Gasteiger partial charge on any atom is -0.445 e. The Bertz CT molecular complexity index is 1240. The van der Waals surface area contributed by atoms with Crippen LogP contribution in [0.3, 0.4) is 0 Å². The highest BCUT2D eigenvalue weighted by atomic mass is 16.6. The van der Waals surface area contributed by atoms with E-state index in [1.165, 1.54) is 4.90 Å². The molecule has 0 saturated carbocycles. The van der Waals surface area contributed by atoms with Gasteiger partial charge in [-0.2, -0.15) is 0 Å². The van der Waals surface area contributed by atoms with E-state index in [0.717, 1.165) is 21.9 Å². The van der Waals surface area contributed by atoms with Gasteiger partial charge >= 0.3 is 12.2 Å². The van der Waals surface area contributed by atoms with Crippen LogP contribution in [0.15, 0.2) is 72.8 Å². The number of ether oxygens (including phenoxy) is 2. The molecule has 0 aliphatic carbocycles.